The lowest BCUT2D eigenvalue weighted by atomic mass is 10.0. The summed E-state index contributed by atoms with van der Waals surface area (Å²) in [5.41, 5.74) is 8.74. The Labute approximate surface area is 106 Å². The molecule has 2 aromatic rings. The third-order valence-corrected chi connectivity index (χ3v) is 2.72. The molecule has 0 saturated carbocycles. The number of benzene rings is 1. The molecule has 0 aliphatic carbocycles. The minimum absolute atomic E-state index is 0.438. The Balaban J connectivity index is 2.42. The first-order valence-electron chi connectivity index (χ1n) is 5.66. The fourth-order valence-corrected chi connectivity index (χ4v) is 1.75. The molecule has 1 amide bonds. The largest absolute Gasteiger partial charge is 0.366 e. The quantitative estimate of drug-likeness (QED) is 0.893. The summed E-state index contributed by atoms with van der Waals surface area (Å²) in [7, 11) is 0. The molecule has 0 fully saturated rings. The molecule has 0 aliphatic rings. The summed E-state index contributed by atoms with van der Waals surface area (Å²) in [5.74, 6) is -0.463. The van der Waals surface area contributed by atoms with Crippen molar-refractivity contribution in [2.75, 3.05) is 0 Å². The average molecular weight is 238 g/mol. The first-order valence-corrected chi connectivity index (χ1v) is 5.66. The lowest BCUT2D eigenvalue weighted by Gasteiger charge is -2.04. The summed E-state index contributed by atoms with van der Waals surface area (Å²) in [6.45, 7) is 2.00. The molecular weight excluding hydrogens is 224 g/mol. The standard InChI is InChI=1S/C15H14N2O/c1-11(12-5-3-2-4-6-12)9-13-7-8-17-10-14(13)15(16)18/h2-10H,1H3,(H2,16,18). The molecule has 0 saturated heterocycles. The number of allylic oxidation sites excluding steroid dienone is 1. The molecule has 1 aromatic heterocycles. The van der Waals surface area contributed by atoms with Crippen LogP contribution in [0.4, 0.5) is 0 Å². The summed E-state index contributed by atoms with van der Waals surface area (Å²) < 4.78 is 0. The van der Waals surface area contributed by atoms with Crippen molar-refractivity contribution in [1.29, 1.82) is 0 Å². The van der Waals surface area contributed by atoms with Gasteiger partial charge in [0.2, 0.25) is 0 Å². The SMILES string of the molecule is CC(=Cc1ccncc1C(N)=O)c1ccccc1. The molecule has 0 radical (unpaired) electrons. The number of hydrogen-bond acceptors (Lipinski definition) is 2. The lowest BCUT2D eigenvalue weighted by Crippen LogP contribution is -2.12. The van der Waals surface area contributed by atoms with Gasteiger partial charge in [0.25, 0.3) is 5.91 Å². The van der Waals surface area contributed by atoms with Crippen LogP contribution in [-0.4, -0.2) is 10.9 Å². The van der Waals surface area contributed by atoms with E-state index in [0.29, 0.717) is 5.56 Å². The molecule has 0 bridgehead atoms. The van der Waals surface area contributed by atoms with Crippen LogP contribution in [0.15, 0.2) is 48.8 Å². The highest BCUT2D eigenvalue weighted by atomic mass is 16.1. The van der Waals surface area contributed by atoms with Gasteiger partial charge in [-0.05, 0) is 29.7 Å². The summed E-state index contributed by atoms with van der Waals surface area (Å²) in [6.07, 6.45) is 5.08. The number of carbonyl (C=O) groups excluding carboxylic acids is 1. The van der Waals surface area contributed by atoms with Crippen molar-refractivity contribution < 1.29 is 4.79 Å². The van der Waals surface area contributed by atoms with Crippen molar-refractivity contribution in [2.24, 2.45) is 5.73 Å². The molecule has 3 heteroatoms. The van der Waals surface area contributed by atoms with Gasteiger partial charge in [-0.2, -0.15) is 0 Å². The van der Waals surface area contributed by atoms with Gasteiger partial charge in [0.05, 0.1) is 5.56 Å². The van der Waals surface area contributed by atoms with Crippen molar-refractivity contribution in [3.05, 3.63) is 65.5 Å². The van der Waals surface area contributed by atoms with Crippen LogP contribution in [0.5, 0.6) is 0 Å². The highest BCUT2D eigenvalue weighted by Gasteiger charge is 2.06. The van der Waals surface area contributed by atoms with E-state index in [0.717, 1.165) is 16.7 Å². The van der Waals surface area contributed by atoms with Crippen LogP contribution < -0.4 is 5.73 Å². The Morgan fingerprint density at radius 2 is 1.94 bits per heavy atom. The molecule has 0 atom stereocenters. The first kappa shape index (κ1) is 12.0. The monoisotopic (exact) mass is 238 g/mol. The second kappa shape index (κ2) is 5.27. The molecular formula is C15H14N2O. The molecule has 18 heavy (non-hydrogen) atoms. The second-order valence-electron chi connectivity index (χ2n) is 4.02. The van der Waals surface area contributed by atoms with Crippen molar-refractivity contribution in [1.82, 2.24) is 4.98 Å². The summed E-state index contributed by atoms with van der Waals surface area (Å²) in [5, 5.41) is 0. The van der Waals surface area contributed by atoms with Gasteiger partial charge in [-0.1, -0.05) is 36.4 Å². The van der Waals surface area contributed by atoms with Gasteiger partial charge in [0, 0.05) is 12.4 Å². The smallest absolute Gasteiger partial charge is 0.250 e. The van der Waals surface area contributed by atoms with Crippen LogP contribution in [0.3, 0.4) is 0 Å². The second-order valence-corrected chi connectivity index (χ2v) is 4.02. The number of hydrogen-bond donors (Lipinski definition) is 1. The van der Waals surface area contributed by atoms with Gasteiger partial charge in [-0.15, -0.1) is 0 Å². The van der Waals surface area contributed by atoms with Crippen molar-refractivity contribution in [3.8, 4) is 0 Å². The van der Waals surface area contributed by atoms with Crippen molar-refractivity contribution in [3.63, 3.8) is 0 Å². The van der Waals surface area contributed by atoms with E-state index in [2.05, 4.69) is 4.98 Å². The van der Waals surface area contributed by atoms with Crippen molar-refractivity contribution in [2.45, 2.75) is 6.92 Å². The van der Waals surface area contributed by atoms with Gasteiger partial charge in [-0.25, -0.2) is 0 Å². The van der Waals surface area contributed by atoms with E-state index in [1.807, 2.05) is 43.3 Å². The molecule has 0 aliphatic heterocycles. The maximum Gasteiger partial charge on any atom is 0.250 e. The highest BCUT2D eigenvalue weighted by molar-refractivity contribution is 5.98. The Bertz CT molecular complexity index is 588. The lowest BCUT2D eigenvalue weighted by molar-refractivity contribution is 0.1000. The van der Waals surface area contributed by atoms with Crippen LogP contribution in [0.2, 0.25) is 0 Å². The van der Waals surface area contributed by atoms with Gasteiger partial charge in [0.15, 0.2) is 0 Å². The fourth-order valence-electron chi connectivity index (χ4n) is 1.75. The summed E-state index contributed by atoms with van der Waals surface area (Å²) in [6, 6.07) is 11.8. The van der Waals surface area contributed by atoms with Crippen LogP contribution in [0, 0.1) is 0 Å². The average Bonchev–Trinajstić information content (AvgIpc) is 2.40. The third kappa shape index (κ3) is 2.63. The zero-order chi connectivity index (χ0) is 13.0. The topological polar surface area (TPSA) is 56.0 Å². The van der Waals surface area contributed by atoms with E-state index in [1.54, 1.807) is 12.3 Å². The zero-order valence-corrected chi connectivity index (χ0v) is 10.1. The number of nitrogens with zero attached hydrogens (tertiary/aromatic N) is 1. The predicted octanol–water partition coefficient (Wildman–Crippen LogP) is 2.74. The molecule has 1 heterocycles. The Kier molecular flexibility index (Phi) is 3.53. The third-order valence-electron chi connectivity index (χ3n) is 2.72. The normalized spacial score (nSPS) is 11.3. The van der Waals surface area contributed by atoms with E-state index in [-0.39, 0.29) is 0 Å². The number of pyridine rings is 1. The van der Waals surface area contributed by atoms with Gasteiger partial charge < -0.3 is 5.73 Å². The minimum atomic E-state index is -0.463. The Morgan fingerprint density at radius 3 is 2.61 bits per heavy atom. The molecule has 0 unspecified atom stereocenters. The summed E-state index contributed by atoms with van der Waals surface area (Å²) >= 11 is 0. The fraction of sp³-hybridized carbons (Fsp3) is 0.0667. The van der Waals surface area contributed by atoms with Gasteiger partial charge >= 0.3 is 0 Å². The number of amides is 1. The number of nitrogens with two attached hydrogens (primary N) is 1. The number of aromatic nitrogens is 1. The predicted molar refractivity (Wildman–Crippen MR) is 72.7 cm³/mol. The number of rotatable bonds is 3. The molecule has 90 valence electrons. The van der Waals surface area contributed by atoms with E-state index >= 15 is 0 Å². The maximum atomic E-state index is 11.3. The molecule has 2 N–H and O–H groups in total. The minimum Gasteiger partial charge on any atom is -0.366 e. The van der Waals surface area contributed by atoms with Crippen LogP contribution in [0.1, 0.15) is 28.4 Å². The first-order chi connectivity index (χ1) is 8.68. The van der Waals surface area contributed by atoms with Crippen molar-refractivity contribution >= 4 is 17.6 Å². The highest BCUT2D eigenvalue weighted by Crippen LogP contribution is 2.18. The van der Waals surface area contributed by atoms with E-state index < -0.39 is 5.91 Å². The molecule has 3 nitrogen and oxygen atoms in total. The number of carbonyl (C=O) groups is 1. The Hall–Kier alpha value is -2.42. The molecule has 0 spiro atoms. The van der Waals surface area contributed by atoms with E-state index in [9.17, 15) is 4.79 Å². The van der Waals surface area contributed by atoms with Crippen LogP contribution in [0.25, 0.3) is 11.6 Å². The Morgan fingerprint density at radius 1 is 1.22 bits per heavy atom. The summed E-state index contributed by atoms with van der Waals surface area (Å²) in [4.78, 5) is 15.2. The van der Waals surface area contributed by atoms with Crippen LogP contribution >= 0.6 is 0 Å². The maximum absolute atomic E-state index is 11.3. The van der Waals surface area contributed by atoms with E-state index in [4.69, 9.17) is 5.73 Å². The number of primary amides is 1. The van der Waals surface area contributed by atoms with Gasteiger partial charge in [-0.3, -0.25) is 9.78 Å². The molecule has 1 aromatic carbocycles. The van der Waals surface area contributed by atoms with E-state index in [1.165, 1.54) is 6.20 Å². The zero-order valence-electron chi connectivity index (χ0n) is 10.1. The van der Waals surface area contributed by atoms with Gasteiger partial charge in [0.1, 0.15) is 0 Å². The molecule has 2 rings (SSSR count). The van der Waals surface area contributed by atoms with Crippen LogP contribution in [-0.2, 0) is 0 Å².